The van der Waals surface area contributed by atoms with E-state index < -0.39 is 5.82 Å². The average Bonchev–Trinajstić information content (AvgIpc) is 2.71. The number of hydrogen-bond donors (Lipinski definition) is 1. The van der Waals surface area contributed by atoms with Crippen molar-refractivity contribution in [3.63, 3.8) is 0 Å². The molecule has 1 aromatic heterocycles. The highest BCUT2D eigenvalue weighted by atomic mass is 19.1. The summed E-state index contributed by atoms with van der Waals surface area (Å²) in [6.45, 7) is 0.194. The number of hydrogen-bond acceptors (Lipinski definition) is 5. The zero-order chi connectivity index (χ0) is 11.5. The van der Waals surface area contributed by atoms with Gasteiger partial charge in [-0.25, -0.2) is 4.39 Å². The van der Waals surface area contributed by atoms with Gasteiger partial charge in [0, 0.05) is 7.11 Å². The Balaban J connectivity index is 2.38. The maximum absolute atomic E-state index is 13.0. The highest BCUT2D eigenvalue weighted by Crippen LogP contribution is 2.28. The van der Waals surface area contributed by atoms with Gasteiger partial charge in [0.2, 0.25) is 0 Å². The summed E-state index contributed by atoms with van der Waals surface area (Å²) in [5.41, 5.74) is 0.162. The average molecular weight is 224 g/mol. The molecule has 1 aromatic carbocycles. The quantitative estimate of drug-likeness (QED) is 0.859. The molecule has 0 amide bonds. The summed E-state index contributed by atoms with van der Waals surface area (Å²) in [4.78, 5) is 3.94. The fourth-order valence-electron chi connectivity index (χ4n) is 1.23. The minimum absolute atomic E-state index is 0.0593. The lowest BCUT2D eigenvalue weighted by Crippen LogP contribution is -1.89. The van der Waals surface area contributed by atoms with Crippen LogP contribution in [0.1, 0.15) is 5.82 Å². The van der Waals surface area contributed by atoms with Gasteiger partial charge in [0.15, 0.2) is 5.82 Å². The van der Waals surface area contributed by atoms with E-state index in [2.05, 4.69) is 10.1 Å². The van der Waals surface area contributed by atoms with Crippen LogP contribution in [0.25, 0.3) is 11.5 Å². The highest BCUT2D eigenvalue weighted by Gasteiger charge is 2.13. The lowest BCUT2D eigenvalue weighted by molar-refractivity contribution is 0.174. The van der Waals surface area contributed by atoms with Crippen LogP contribution in [0.3, 0.4) is 0 Å². The molecule has 0 saturated carbocycles. The van der Waals surface area contributed by atoms with E-state index >= 15 is 0 Å². The van der Waals surface area contributed by atoms with E-state index in [0.717, 1.165) is 12.1 Å². The third-order valence-electron chi connectivity index (χ3n) is 1.93. The minimum atomic E-state index is -0.487. The molecule has 0 fully saturated rings. The summed E-state index contributed by atoms with van der Waals surface area (Å²) >= 11 is 0. The largest absolute Gasteiger partial charge is 0.507 e. The fourth-order valence-corrected chi connectivity index (χ4v) is 1.23. The molecule has 0 spiro atoms. The standard InChI is InChI=1S/C10H9FN2O3/c1-15-5-9-12-10(16-13-9)7-4-6(11)2-3-8(7)14/h2-4,14H,5H2,1H3. The monoisotopic (exact) mass is 224 g/mol. The third-order valence-corrected chi connectivity index (χ3v) is 1.93. The van der Waals surface area contributed by atoms with Gasteiger partial charge in [-0.3, -0.25) is 0 Å². The number of phenols is 1. The summed E-state index contributed by atoms with van der Waals surface area (Å²) in [6, 6.07) is 3.50. The molecule has 6 heteroatoms. The molecule has 0 bridgehead atoms. The Hall–Kier alpha value is -1.95. The van der Waals surface area contributed by atoms with Gasteiger partial charge in [0.05, 0.1) is 5.56 Å². The Morgan fingerprint density at radius 2 is 2.31 bits per heavy atom. The molecule has 2 rings (SSSR count). The van der Waals surface area contributed by atoms with Crippen molar-refractivity contribution in [2.45, 2.75) is 6.61 Å². The second-order valence-corrected chi connectivity index (χ2v) is 3.11. The predicted molar refractivity (Wildman–Crippen MR) is 52.1 cm³/mol. The number of aromatic hydroxyl groups is 1. The van der Waals surface area contributed by atoms with Gasteiger partial charge >= 0.3 is 0 Å². The smallest absolute Gasteiger partial charge is 0.261 e. The first-order chi connectivity index (χ1) is 7.70. The van der Waals surface area contributed by atoms with Gasteiger partial charge in [0.25, 0.3) is 5.89 Å². The van der Waals surface area contributed by atoms with Crippen molar-refractivity contribution in [3.8, 4) is 17.2 Å². The highest BCUT2D eigenvalue weighted by molar-refractivity contribution is 5.61. The van der Waals surface area contributed by atoms with Crippen LogP contribution in [0.15, 0.2) is 22.7 Å². The van der Waals surface area contributed by atoms with Gasteiger partial charge < -0.3 is 14.4 Å². The molecule has 0 unspecified atom stereocenters. The number of rotatable bonds is 3. The molecule has 1 heterocycles. The summed E-state index contributed by atoms with van der Waals surface area (Å²) in [5, 5.41) is 13.1. The molecule has 2 aromatic rings. The summed E-state index contributed by atoms with van der Waals surface area (Å²) in [6.07, 6.45) is 0. The molecule has 0 atom stereocenters. The first-order valence-corrected chi connectivity index (χ1v) is 4.51. The van der Waals surface area contributed by atoms with Crippen molar-refractivity contribution >= 4 is 0 Å². The zero-order valence-electron chi connectivity index (χ0n) is 8.48. The number of phenolic OH excluding ortho intramolecular Hbond substituents is 1. The van der Waals surface area contributed by atoms with Crippen LogP contribution < -0.4 is 0 Å². The first-order valence-electron chi connectivity index (χ1n) is 4.51. The van der Waals surface area contributed by atoms with Gasteiger partial charge in [0.1, 0.15) is 18.2 Å². The first kappa shape index (κ1) is 10.6. The Labute approximate surface area is 90.5 Å². The number of benzene rings is 1. The van der Waals surface area contributed by atoms with E-state index in [1.807, 2.05) is 0 Å². The van der Waals surface area contributed by atoms with Crippen LogP contribution in [0.5, 0.6) is 5.75 Å². The molecule has 5 nitrogen and oxygen atoms in total. The van der Waals surface area contributed by atoms with Gasteiger partial charge in [-0.1, -0.05) is 5.16 Å². The predicted octanol–water partition coefficient (Wildman–Crippen LogP) is 1.73. The number of ether oxygens (including phenoxy) is 1. The molecular formula is C10H9FN2O3. The van der Waals surface area contributed by atoms with E-state index in [0.29, 0.717) is 5.82 Å². The Bertz CT molecular complexity index is 499. The van der Waals surface area contributed by atoms with Crippen molar-refractivity contribution < 1.29 is 18.8 Å². The SMILES string of the molecule is COCc1noc(-c2cc(F)ccc2O)n1. The summed E-state index contributed by atoms with van der Waals surface area (Å²) in [7, 11) is 1.50. The lowest BCUT2D eigenvalue weighted by atomic mass is 10.2. The van der Waals surface area contributed by atoms with E-state index in [1.165, 1.54) is 13.2 Å². The van der Waals surface area contributed by atoms with E-state index in [-0.39, 0.29) is 23.8 Å². The Morgan fingerprint density at radius 1 is 1.50 bits per heavy atom. The van der Waals surface area contributed by atoms with E-state index in [9.17, 15) is 9.50 Å². The summed E-state index contributed by atoms with van der Waals surface area (Å²) < 4.78 is 22.6. The molecular weight excluding hydrogens is 215 g/mol. The zero-order valence-corrected chi connectivity index (χ0v) is 8.48. The molecule has 16 heavy (non-hydrogen) atoms. The van der Waals surface area contributed by atoms with Crippen LogP contribution in [0, 0.1) is 5.82 Å². The molecule has 0 aliphatic carbocycles. The number of aromatic nitrogens is 2. The number of methoxy groups -OCH3 is 1. The lowest BCUT2D eigenvalue weighted by Gasteiger charge is -1.98. The van der Waals surface area contributed by atoms with Crippen molar-refractivity contribution in [3.05, 3.63) is 29.8 Å². The van der Waals surface area contributed by atoms with Crippen LogP contribution in [0.4, 0.5) is 4.39 Å². The van der Waals surface area contributed by atoms with Crippen LogP contribution in [-0.2, 0) is 11.3 Å². The van der Waals surface area contributed by atoms with Gasteiger partial charge in [-0.05, 0) is 18.2 Å². The second kappa shape index (κ2) is 4.28. The summed E-state index contributed by atoms with van der Waals surface area (Å²) in [5.74, 6) is -0.210. The second-order valence-electron chi connectivity index (χ2n) is 3.11. The third kappa shape index (κ3) is 2.01. The normalized spacial score (nSPS) is 10.6. The van der Waals surface area contributed by atoms with E-state index in [4.69, 9.17) is 9.26 Å². The topological polar surface area (TPSA) is 68.4 Å². The van der Waals surface area contributed by atoms with Crippen molar-refractivity contribution in [2.75, 3.05) is 7.11 Å². The minimum Gasteiger partial charge on any atom is -0.507 e. The van der Waals surface area contributed by atoms with Gasteiger partial charge in [-0.15, -0.1) is 0 Å². The molecule has 0 aliphatic heterocycles. The maximum atomic E-state index is 13.0. The van der Waals surface area contributed by atoms with Crippen molar-refractivity contribution in [1.82, 2.24) is 10.1 Å². The molecule has 1 N–H and O–H groups in total. The maximum Gasteiger partial charge on any atom is 0.261 e. The van der Waals surface area contributed by atoms with E-state index in [1.54, 1.807) is 0 Å². The Morgan fingerprint density at radius 3 is 3.06 bits per heavy atom. The molecule has 0 saturated heterocycles. The molecule has 0 aliphatic rings. The van der Waals surface area contributed by atoms with Gasteiger partial charge in [-0.2, -0.15) is 4.98 Å². The van der Waals surface area contributed by atoms with Crippen LogP contribution >= 0.6 is 0 Å². The van der Waals surface area contributed by atoms with Crippen LogP contribution in [0.2, 0.25) is 0 Å². The molecule has 84 valence electrons. The Kier molecular flexibility index (Phi) is 2.82. The number of halogens is 1. The van der Waals surface area contributed by atoms with Crippen molar-refractivity contribution in [2.24, 2.45) is 0 Å². The molecule has 0 radical (unpaired) electrons. The van der Waals surface area contributed by atoms with Crippen molar-refractivity contribution in [1.29, 1.82) is 0 Å². The fraction of sp³-hybridized carbons (Fsp3) is 0.200. The van der Waals surface area contributed by atoms with Crippen LogP contribution in [-0.4, -0.2) is 22.4 Å². The number of nitrogens with zero attached hydrogens (tertiary/aromatic N) is 2.